The number of hydrogen-bond acceptors (Lipinski definition) is 6. The topological polar surface area (TPSA) is 89.2 Å². The Morgan fingerprint density at radius 3 is 2.68 bits per heavy atom. The van der Waals surface area contributed by atoms with Crippen molar-refractivity contribution in [2.45, 2.75) is 32.8 Å². The highest BCUT2D eigenvalue weighted by molar-refractivity contribution is 5.95. The van der Waals surface area contributed by atoms with Gasteiger partial charge in [-0.25, -0.2) is 4.79 Å². The smallest absolute Gasteiger partial charge is 0.349 e. The molecule has 1 aliphatic rings. The standard InChI is InChI=1S/C21H25NO6/c1-3-22(10-6-7-11-23)20(24)19-14(2)12-17(28-21(19)25)18-13-26-15-8-4-5-9-16(15)27-18/h4-5,8-9,12,18,23H,3,6-7,10-11,13H2,1-2H3. The molecule has 7 heteroatoms. The van der Waals surface area contributed by atoms with Crippen LogP contribution in [-0.2, 0) is 0 Å². The summed E-state index contributed by atoms with van der Waals surface area (Å²) in [6, 6.07) is 8.95. The number of carbonyl (C=O) groups excluding carboxylic acids is 1. The fourth-order valence-electron chi connectivity index (χ4n) is 3.18. The lowest BCUT2D eigenvalue weighted by atomic mass is 10.1. The minimum Gasteiger partial charge on any atom is -0.485 e. The van der Waals surface area contributed by atoms with Crippen molar-refractivity contribution < 1.29 is 23.8 Å². The molecule has 1 aromatic carbocycles. The average molecular weight is 387 g/mol. The fourth-order valence-corrected chi connectivity index (χ4v) is 3.18. The van der Waals surface area contributed by atoms with Gasteiger partial charge in [0, 0.05) is 19.7 Å². The number of benzene rings is 1. The Labute approximate surface area is 163 Å². The van der Waals surface area contributed by atoms with Gasteiger partial charge in [-0.15, -0.1) is 0 Å². The number of unbranched alkanes of at least 4 members (excludes halogenated alkanes) is 1. The molecular weight excluding hydrogens is 362 g/mol. The van der Waals surface area contributed by atoms with Crippen LogP contribution in [0.5, 0.6) is 11.5 Å². The summed E-state index contributed by atoms with van der Waals surface area (Å²) in [5.41, 5.74) is -0.103. The van der Waals surface area contributed by atoms with Gasteiger partial charge in [-0.2, -0.15) is 0 Å². The maximum atomic E-state index is 12.8. The molecule has 0 spiro atoms. The third-order valence-corrected chi connectivity index (χ3v) is 4.71. The SMILES string of the molecule is CCN(CCCCO)C(=O)c1c(C)cc(C2COc3ccccc3O2)oc1=O. The van der Waals surface area contributed by atoms with Gasteiger partial charge in [0.15, 0.2) is 23.4 Å². The number of para-hydroxylation sites is 2. The summed E-state index contributed by atoms with van der Waals surface area (Å²) >= 11 is 0. The fraction of sp³-hybridized carbons (Fsp3) is 0.429. The average Bonchev–Trinajstić information content (AvgIpc) is 2.70. The second-order valence-electron chi connectivity index (χ2n) is 6.67. The highest BCUT2D eigenvalue weighted by Gasteiger charge is 2.28. The number of fused-ring (bicyclic) bond motifs is 1. The quantitative estimate of drug-likeness (QED) is 0.735. The van der Waals surface area contributed by atoms with Crippen molar-refractivity contribution in [3.8, 4) is 11.5 Å². The van der Waals surface area contributed by atoms with Crippen LogP contribution < -0.4 is 15.1 Å². The van der Waals surface area contributed by atoms with Crippen molar-refractivity contribution in [2.75, 3.05) is 26.3 Å². The Hall–Kier alpha value is -2.80. The first kappa shape index (κ1) is 19.9. The zero-order valence-electron chi connectivity index (χ0n) is 16.1. The van der Waals surface area contributed by atoms with E-state index in [2.05, 4.69) is 0 Å². The number of amides is 1. The molecule has 1 aliphatic heterocycles. The molecule has 2 heterocycles. The van der Waals surface area contributed by atoms with Gasteiger partial charge in [0.05, 0.1) is 0 Å². The molecule has 0 aliphatic carbocycles. The van der Waals surface area contributed by atoms with Crippen LogP contribution in [0.2, 0.25) is 0 Å². The van der Waals surface area contributed by atoms with Crippen LogP contribution >= 0.6 is 0 Å². The van der Waals surface area contributed by atoms with E-state index in [0.29, 0.717) is 48.8 Å². The Morgan fingerprint density at radius 1 is 1.25 bits per heavy atom. The van der Waals surface area contributed by atoms with E-state index in [4.69, 9.17) is 19.0 Å². The van der Waals surface area contributed by atoms with E-state index in [1.807, 2.05) is 25.1 Å². The molecule has 1 N–H and O–H groups in total. The van der Waals surface area contributed by atoms with Crippen LogP contribution in [0, 0.1) is 6.92 Å². The van der Waals surface area contributed by atoms with Crippen LogP contribution in [0.1, 0.15) is 47.6 Å². The molecule has 2 aromatic rings. The molecule has 7 nitrogen and oxygen atoms in total. The summed E-state index contributed by atoms with van der Waals surface area (Å²) in [5.74, 6) is 1.20. The summed E-state index contributed by atoms with van der Waals surface area (Å²) in [7, 11) is 0. The molecule has 1 aromatic heterocycles. The van der Waals surface area contributed by atoms with Crippen molar-refractivity contribution in [1.29, 1.82) is 0 Å². The van der Waals surface area contributed by atoms with Gasteiger partial charge in [-0.1, -0.05) is 12.1 Å². The number of aliphatic hydroxyl groups excluding tert-OH is 1. The Balaban J connectivity index is 1.81. The predicted octanol–water partition coefficient (Wildman–Crippen LogP) is 2.70. The van der Waals surface area contributed by atoms with E-state index < -0.39 is 11.7 Å². The molecule has 0 bridgehead atoms. The summed E-state index contributed by atoms with van der Waals surface area (Å²) in [6.45, 7) is 4.82. The van der Waals surface area contributed by atoms with Crippen molar-refractivity contribution in [3.05, 3.63) is 57.6 Å². The molecule has 0 saturated heterocycles. The molecule has 1 atom stereocenters. The number of aryl methyl sites for hydroxylation is 1. The number of rotatable bonds is 7. The second-order valence-corrected chi connectivity index (χ2v) is 6.67. The van der Waals surface area contributed by atoms with E-state index >= 15 is 0 Å². The lowest BCUT2D eigenvalue weighted by Crippen LogP contribution is -2.36. The van der Waals surface area contributed by atoms with Crippen molar-refractivity contribution >= 4 is 5.91 Å². The lowest BCUT2D eigenvalue weighted by Gasteiger charge is -2.26. The Bertz CT molecular complexity index is 891. The van der Waals surface area contributed by atoms with Gasteiger partial charge in [-0.05, 0) is 50.5 Å². The molecule has 0 radical (unpaired) electrons. The molecule has 28 heavy (non-hydrogen) atoms. The third-order valence-electron chi connectivity index (χ3n) is 4.71. The molecule has 150 valence electrons. The highest BCUT2D eigenvalue weighted by atomic mass is 16.6. The summed E-state index contributed by atoms with van der Waals surface area (Å²) < 4.78 is 17.0. The normalized spacial score (nSPS) is 15.3. The number of aliphatic hydroxyl groups is 1. The van der Waals surface area contributed by atoms with Gasteiger partial charge in [0.25, 0.3) is 5.91 Å². The minimum absolute atomic E-state index is 0.0340. The maximum absolute atomic E-state index is 12.8. The van der Waals surface area contributed by atoms with Gasteiger partial charge in [0.1, 0.15) is 12.2 Å². The zero-order chi connectivity index (χ0) is 20.1. The molecule has 1 amide bonds. The number of hydrogen-bond donors (Lipinski definition) is 1. The maximum Gasteiger partial charge on any atom is 0.349 e. The van der Waals surface area contributed by atoms with Crippen LogP contribution in [0.15, 0.2) is 39.5 Å². The number of ether oxygens (including phenoxy) is 2. The molecule has 1 unspecified atom stereocenters. The van der Waals surface area contributed by atoms with Crippen LogP contribution in [0.25, 0.3) is 0 Å². The van der Waals surface area contributed by atoms with E-state index in [-0.39, 0.29) is 24.7 Å². The predicted molar refractivity (Wildman–Crippen MR) is 103 cm³/mol. The summed E-state index contributed by atoms with van der Waals surface area (Å²) in [6.07, 6.45) is 0.722. The zero-order valence-corrected chi connectivity index (χ0v) is 16.1. The molecule has 0 saturated carbocycles. The largest absolute Gasteiger partial charge is 0.485 e. The monoisotopic (exact) mass is 387 g/mol. The van der Waals surface area contributed by atoms with Crippen LogP contribution in [-0.4, -0.2) is 42.2 Å². The van der Waals surface area contributed by atoms with E-state index in [1.165, 1.54) is 0 Å². The third kappa shape index (κ3) is 4.20. The molecular formula is C21H25NO6. The minimum atomic E-state index is -0.678. The first-order valence-electron chi connectivity index (χ1n) is 9.48. The van der Waals surface area contributed by atoms with E-state index in [0.717, 1.165) is 0 Å². The molecule has 0 fully saturated rings. The van der Waals surface area contributed by atoms with Crippen LogP contribution in [0.3, 0.4) is 0 Å². The summed E-state index contributed by atoms with van der Waals surface area (Å²) in [5, 5.41) is 8.92. The number of carbonyl (C=O) groups is 1. The number of nitrogens with zero attached hydrogens (tertiary/aromatic N) is 1. The Morgan fingerprint density at radius 2 is 2.00 bits per heavy atom. The first-order chi connectivity index (χ1) is 13.5. The summed E-state index contributed by atoms with van der Waals surface area (Å²) in [4.78, 5) is 27.0. The highest BCUT2D eigenvalue weighted by Crippen LogP contribution is 2.35. The van der Waals surface area contributed by atoms with Gasteiger partial charge in [0.2, 0.25) is 0 Å². The Kier molecular flexibility index (Phi) is 6.36. The lowest BCUT2D eigenvalue weighted by molar-refractivity contribution is 0.0701. The van der Waals surface area contributed by atoms with Crippen molar-refractivity contribution in [2.24, 2.45) is 0 Å². The van der Waals surface area contributed by atoms with E-state index in [1.54, 1.807) is 24.0 Å². The van der Waals surface area contributed by atoms with Crippen molar-refractivity contribution in [3.63, 3.8) is 0 Å². The van der Waals surface area contributed by atoms with Crippen molar-refractivity contribution in [1.82, 2.24) is 4.90 Å². The first-order valence-corrected chi connectivity index (χ1v) is 9.48. The second kappa shape index (κ2) is 8.93. The van der Waals surface area contributed by atoms with Crippen LogP contribution in [0.4, 0.5) is 0 Å². The van der Waals surface area contributed by atoms with E-state index in [9.17, 15) is 9.59 Å². The van der Waals surface area contributed by atoms with Gasteiger partial charge in [-0.3, -0.25) is 4.79 Å². The van der Waals surface area contributed by atoms with Gasteiger partial charge < -0.3 is 23.9 Å². The van der Waals surface area contributed by atoms with Gasteiger partial charge >= 0.3 is 5.63 Å². The molecule has 3 rings (SSSR count).